The molecule has 0 saturated heterocycles. The Morgan fingerprint density at radius 3 is 2.48 bits per heavy atom. The Bertz CT molecular complexity index is 686. The molecule has 0 aliphatic heterocycles. The first-order valence-corrected chi connectivity index (χ1v) is 8.62. The molecule has 0 radical (unpaired) electrons. The van der Waals surface area contributed by atoms with Gasteiger partial charge in [0.15, 0.2) is 0 Å². The van der Waals surface area contributed by atoms with Gasteiger partial charge in [0.05, 0.1) is 5.69 Å². The van der Waals surface area contributed by atoms with E-state index in [0.29, 0.717) is 18.4 Å². The summed E-state index contributed by atoms with van der Waals surface area (Å²) >= 11 is 0. The molecular formula is C19H25N3O. The largest absolute Gasteiger partial charge is 0.353 e. The van der Waals surface area contributed by atoms with Crippen molar-refractivity contribution in [3.63, 3.8) is 0 Å². The van der Waals surface area contributed by atoms with Gasteiger partial charge in [-0.15, -0.1) is 0 Å². The van der Waals surface area contributed by atoms with Crippen LogP contribution in [0.15, 0.2) is 35.1 Å². The Balaban J connectivity index is 1.75. The van der Waals surface area contributed by atoms with Crippen LogP contribution in [0.2, 0.25) is 0 Å². The summed E-state index contributed by atoms with van der Waals surface area (Å²) in [5.74, 6) is 0.621. The number of benzene rings is 1. The van der Waals surface area contributed by atoms with Crippen LogP contribution in [-0.2, 0) is 6.42 Å². The van der Waals surface area contributed by atoms with Crippen LogP contribution in [0.25, 0.3) is 0 Å². The molecule has 0 amide bonds. The third-order valence-corrected chi connectivity index (χ3v) is 4.64. The Morgan fingerprint density at radius 2 is 1.83 bits per heavy atom. The van der Waals surface area contributed by atoms with Crippen molar-refractivity contribution < 1.29 is 0 Å². The first-order chi connectivity index (χ1) is 11.2. The molecule has 0 atom stereocenters. The zero-order valence-electron chi connectivity index (χ0n) is 13.8. The Hall–Kier alpha value is -2.10. The van der Waals surface area contributed by atoms with Crippen LogP contribution in [-0.4, -0.2) is 16.0 Å². The first kappa shape index (κ1) is 15.8. The molecule has 3 rings (SSSR count). The second-order valence-electron chi connectivity index (χ2n) is 6.47. The SMILES string of the molecule is Cc1nc(NC2CCCCCC2)[nH]c(=O)c1Cc1ccccc1. The molecule has 1 aromatic heterocycles. The lowest BCUT2D eigenvalue weighted by Crippen LogP contribution is -2.25. The molecular weight excluding hydrogens is 286 g/mol. The maximum Gasteiger partial charge on any atom is 0.256 e. The van der Waals surface area contributed by atoms with Crippen molar-refractivity contribution in [3.8, 4) is 0 Å². The molecule has 1 saturated carbocycles. The van der Waals surface area contributed by atoms with Gasteiger partial charge in [0, 0.05) is 18.0 Å². The van der Waals surface area contributed by atoms with Crippen LogP contribution in [0.3, 0.4) is 0 Å². The van der Waals surface area contributed by atoms with Gasteiger partial charge in [0.2, 0.25) is 5.95 Å². The summed E-state index contributed by atoms with van der Waals surface area (Å²) in [6.45, 7) is 1.92. The third kappa shape index (κ3) is 4.21. The van der Waals surface area contributed by atoms with E-state index in [4.69, 9.17) is 0 Å². The van der Waals surface area contributed by atoms with E-state index in [1.165, 1.54) is 25.7 Å². The van der Waals surface area contributed by atoms with E-state index in [1.807, 2.05) is 37.3 Å². The van der Waals surface area contributed by atoms with Crippen molar-refractivity contribution in [1.82, 2.24) is 9.97 Å². The fourth-order valence-electron chi connectivity index (χ4n) is 3.30. The summed E-state index contributed by atoms with van der Waals surface area (Å²) in [7, 11) is 0. The molecule has 1 heterocycles. The Kier molecular flexibility index (Phi) is 5.11. The second-order valence-corrected chi connectivity index (χ2v) is 6.47. The average Bonchev–Trinajstić information content (AvgIpc) is 2.81. The van der Waals surface area contributed by atoms with E-state index in [0.717, 1.165) is 29.7 Å². The van der Waals surface area contributed by atoms with E-state index < -0.39 is 0 Å². The number of anilines is 1. The average molecular weight is 311 g/mol. The fraction of sp³-hybridized carbons (Fsp3) is 0.474. The molecule has 2 aromatic rings. The Labute approximate surface area is 137 Å². The second kappa shape index (κ2) is 7.44. The summed E-state index contributed by atoms with van der Waals surface area (Å²) in [6, 6.07) is 10.5. The zero-order chi connectivity index (χ0) is 16.1. The van der Waals surface area contributed by atoms with Crippen molar-refractivity contribution in [2.45, 2.75) is 57.9 Å². The van der Waals surface area contributed by atoms with Crippen LogP contribution < -0.4 is 10.9 Å². The van der Waals surface area contributed by atoms with Gasteiger partial charge in [-0.05, 0) is 25.3 Å². The predicted molar refractivity (Wildman–Crippen MR) is 94.0 cm³/mol. The van der Waals surface area contributed by atoms with E-state index in [2.05, 4.69) is 15.3 Å². The fourth-order valence-corrected chi connectivity index (χ4v) is 3.30. The molecule has 2 N–H and O–H groups in total. The molecule has 0 spiro atoms. The Morgan fingerprint density at radius 1 is 1.13 bits per heavy atom. The highest BCUT2D eigenvalue weighted by Crippen LogP contribution is 2.20. The molecule has 0 unspecified atom stereocenters. The summed E-state index contributed by atoms with van der Waals surface area (Å²) in [5, 5.41) is 3.43. The third-order valence-electron chi connectivity index (χ3n) is 4.64. The molecule has 23 heavy (non-hydrogen) atoms. The number of hydrogen-bond acceptors (Lipinski definition) is 3. The molecule has 1 aromatic carbocycles. The van der Waals surface area contributed by atoms with Gasteiger partial charge >= 0.3 is 0 Å². The number of H-pyrrole nitrogens is 1. The van der Waals surface area contributed by atoms with Gasteiger partial charge in [0.1, 0.15) is 0 Å². The summed E-state index contributed by atoms with van der Waals surface area (Å²) < 4.78 is 0. The molecule has 1 aliphatic rings. The maximum atomic E-state index is 12.4. The summed E-state index contributed by atoms with van der Waals surface area (Å²) in [4.78, 5) is 20.0. The molecule has 4 heteroatoms. The maximum absolute atomic E-state index is 12.4. The molecule has 0 bridgehead atoms. The van der Waals surface area contributed by atoms with Crippen molar-refractivity contribution in [2.24, 2.45) is 0 Å². The summed E-state index contributed by atoms with van der Waals surface area (Å²) in [5.41, 5.74) is 2.67. The highest BCUT2D eigenvalue weighted by Gasteiger charge is 2.14. The number of aromatic amines is 1. The standard InChI is InChI=1S/C19H25N3O/c1-14-17(13-15-9-5-4-6-10-15)18(23)22-19(20-14)21-16-11-7-2-3-8-12-16/h4-6,9-10,16H,2-3,7-8,11-13H2,1H3,(H2,20,21,22,23). The lowest BCUT2D eigenvalue weighted by molar-refractivity contribution is 0.614. The highest BCUT2D eigenvalue weighted by atomic mass is 16.1. The molecule has 4 nitrogen and oxygen atoms in total. The highest BCUT2D eigenvalue weighted by molar-refractivity contribution is 5.33. The van der Waals surface area contributed by atoms with E-state index in [1.54, 1.807) is 0 Å². The lowest BCUT2D eigenvalue weighted by atomic mass is 10.1. The quantitative estimate of drug-likeness (QED) is 0.844. The number of rotatable bonds is 4. The minimum absolute atomic E-state index is 0.0301. The van der Waals surface area contributed by atoms with Gasteiger partial charge in [0.25, 0.3) is 5.56 Å². The summed E-state index contributed by atoms with van der Waals surface area (Å²) in [6.07, 6.45) is 8.09. The van der Waals surface area contributed by atoms with Gasteiger partial charge in [-0.25, -0.2) is 4.98 Å². The van der Waals surface area contributed by atoms with Crippen molar-refractivity contribution in [3.05, 3.63) is 57.5 Å². The van der Waals surface area contributed by atoms with Crippen LogP contribution in [0.5, 0.6) is 0 Å². The lowest BCUT2D eigenvalue weighted by Gasteiger charge is -2.17. The molecule has 122 valence electrons. The number of aromatic nitrogens is 2. The smallest absolute Gasteiger partial charge is 0.256 e. The van der Waals surface area contributed by atoms with Crippen LogP contribution in [0.1, 0.15) is 55.3 Å². The molecule has 1 aliphatic carbocycles. The van der Waals surface area contributed by atoms with Crippen LogP contribution in [0.4, 0.5) is 5.95 Å². The first-order valence-electron chi connectivity index (χ1n) is 8.62. The molecule has 1 fully saturated rings. The van der Waals surface area contributed by atoms with Crippen molar-refractivity contribution >= 4 is 5.95 Å². The van der Waals surface area contributed by atoms with Crippen LogP contribution in [0, 0.1) is 6.92 Å². The zero-order valence-corrected chi connectivity index (χ0v) is 13.8. The van der Waals surface area contributed by atoms with Gasteiger partial charge in [-0.1, -0.05) is 56.0 Å². The number of nitrogens with one attached hydrogen (secondary N) is 2. The van der Waals surface area contributed by atoms with Crippen LogP contribution >= 0.6 is 0 Å². The van der Waals surface area contributed by atoms with Gasteiger partial charge in [-0.3, -0.25) is 9.78 Å². The van der Waals surface area contributed by atoms with Gasteiger partial charge < -0.3 is 5.32 Å². The van der Waals surface area contributed by atoms with Crippen molar-refractivity contribution in [2.75, 3.05) is 5.32 Å². The number of hydrogen-bond donors (Lipinski definition) is 2. The van der Waals surface area contributed by atoms with Crippen molar-refractivity contribution in [1.29, 1.82) is 0 Å². The normalized spacial score (nSPS) is 16.0. The van der Waals surface area contributed by atoms with Gasteiger partial charge in [-0.2, -0.15) is 0 Å². The number of aryl methyl sites for hydroxylation is 1. The van der Waals surface area contributed by atoms with E-state index in [9.17, 15) is 4.79 Å². The minimum Gasteiger partial charge on any atom is -0.353 e. The van der Waals surface area contributed by atoms with E-state index >= 15 is 0 Å². The monoisotopic (exact) mass is 311 g/mol. The topological polar surface area (TPSA) is 57.8 Å². The predicted octanol–water partition coefficient (Wildman–Crippen LogP) is 3.80. The van der Waals surface area contributed by atoms with E-state index in [-0.39, 0.29) is 5.56 Å². The minimum atomic E-state index is -0.0301. The number of nitrogens with zero attached hydrogens (tertiary/aromatic N) is 1.